The summed E-state index contributed by atoms with van der Waals surface area (Å²) in [6.45, 7) is 4.26. The summed E-state index contributed by atoms with van der Waals surface area (Å²) in [5.41, 5.74) is 2.67. The van der Waals surface area contributed by atoms with Crippen LogP contribution in [-0.2, 0) is 9.59 Å². The number of hydrogen-bond acceptors (Lipinski definition) is 6. The Kier molecular flexibility index (Phi) is 5.09. The van der Waals surface area contributed by atoms with E-state index in [1.54, 1.807) is 42.7 Å². The number of pyridine rings is 1. The Morgan fingerprint density at radius 3 is 2.52 bits per heavy atom. The molecule has 7 heteroatoms. The fraction of sp³-hybridized carbons (Fsp3) is 0.192. The summed E-state index contributed by atoms with van der Waals surface area (Å²) in [5, 5.41) is 11.2. The zero-order valence-corrected chi connectivity index (χ0v) is 18.2. The number of carbonyl (C=O) groups is 2. The fourth-order valence-corrected chi connectivity index (χ4v) is 4.17. The third-order valence-electron chi connectivity index (χ3n) is 5.93. The second-order valence-electron chi connectivity index (χ2n) is 8.27. The van der Waals surface area contributed by atoms with E-state index in [2.05, 4.69) is 18.8 Å². The number of hydrogen-bond donors (Lipinski definition) is 1. The molecule has 1 fully saturated rings. The number of nitrogens with zero attached hydrogens (tertiary/aromatic N) is 2. The van der Waals surface area contributed by atoms with Crippen LogP contribution >= 0.6 is 0 Å². The van der Waals surface area contributed by atoms with Gasteiger partial charge >= 0.3 is 0 Å². The van der Waals surface area contributed by atoms with E-state index in [-0.39, 0.29) is 18.1 Å². The summed E-state index contributed by atoms with van der Waals surface area (Å²) in [7, 11) is 0. The van der Waals surface area contributed by atoms with Crippen molar-refractivity contribution in [1.29, 1.82) is 0 Å². The van der Waals surface area contributed by atoms with E-state index in [0.717, 1.165) is 5.56 Å². The van der Waals surface area contributed by atoms with E-state index < -0.39 is 17.7 Å². The molecule has 0 spiro atoms. The van der Waals surface area contributed by atoms with Crippen molar-refractivity contribution in [3.05, 3.63) is 89.3 Å². The molecular weight excluding hydrogens is 420 g/mol. The molecule has 0 saturated carbocycles. The lowest BCUT2D eigenvalue weighted by Crippen LogP contribution is -2.29. The van der Waals surface area contributed by atoms with Crippen molar-refractivity contribution >= 4 is 23.1 Å². The van der Waals surface area contributed by atoms with Gasteiger partial charge in [-0.15, -0.1) is 0 Å². The van der Waals surface area contributed by atoms with Crippen LogP contribution in [0.2, 0.25) is 0 Å². The first-order valence-electron chi connectivity index (χ1n) is 10.7. The Balaban J connectivity index is 1.66. The third-order valence-corrected chi connectivity index (χ3v) is 5.93. The number of ketones is 1. The summed E-state index contributed by atoms with van der Waals surface area (Å²) in [5.74, 6) is -0.386. The quantitative estimate of drug-likeness (QED) is 0.362. The van der Waals surface area contributed by atoms with Crippen LogP contribution in [0.15, 0.2) is 72.6 Å². The molecule has 0 aliphatic carbocycles. The maximum absolute atomic E-state index is 13.2. The monoisotopic (exact) mass is 442 g/mol. The summed E-state index contributed by atoms with van der Waals surface area (Å²) in [4.78, 5) is 32.0. The molecule has 33 heavy (non-hydrogen) atoms. The number of aromatic nitrogens is 1. The normalized spacial score (nSPS) is 18.9. The van der Waals surface area contributed by atoms with E-state index in [9.17, 15) is 14.7 Å². The molecule has 0 radical (unpaired) electrons. The predicted octanol–water partition coefficient (Wildman–Crippen LogP) is 4.56. The van der Waals surface area contributed by atoms with Gasteiger partial charge in [0.2, 0.25) is 6.79 Å². The predicted molar refractivity (Wildman–Crippen MR) is 122 cm³/mol. The van der Waals surface area contributed by atoms with Crippen molar-refractivity contribution in [1.82, 2.24) is 4.98 Å². The number of ether oxygens (including phenoxy) is 2. The minimum Gasteiger partial charge on any atom is -0.507 e. The average molecular weight is 442 g/mol. The van der Waals surface area contributed by atoms with Gasteiger partial charge in [-0.3, -0.25) is 19.5 Å². The molecule has 3 aromatic rings. The van der Waals surface area contributed by atoms with Crippen molar-refractivity contribution in [2.45, 2.75) is 25.8 Å². The van der Waals surface area contributed by atoms with Gasteiger partial charge in [-0.05, 0) is 53.4 Å². The SMILES string of the molecule is CC(C)c1ccc(N2C(=O)C(=O)/C(=C(\O)c3ccc4c(c3)OCO4)C2c2cccnc2)cc1. The van der Waals surface area contributed by atoms with E-state index in [1.807, 2.05) is 24.3 Å². The molecule has 2 aliphatic rings. The molecule has 1 unspecified atom stereocenters. The van der Waals surface area contributed by atoms with Crippen LogP contribution in [0.4, 0.5) is 5.69 Å². The van der Waals surface area contributed by atoms with E-state index in [4.69, 9.17) is 9.47 Å². The van der Waals surface area contributed by atoms with Crippen LogP contribution in [0.25, 0.3) is 5.76 Å². The van der Waals surface area contributed by atoms with Gasteiger partial charge < -0.3 is 14.6 Å². The smallest absolute Gasteiger partial charge is 0.300 e. The van der Waals surface area contributed by atoms with Crippen molar-refractivity contribution < 1.29 is 24.2 Å². The van der Waals surface area contributed by atoms with Crippen molar-refractivity contribution in [3.8, 4) is 11.5 Å². The highest BCUT2D eigenvalue weighted by atomic mass is 16.7. The zero-order chi connectivity index (χ0) is 23.1. The first-order valence-corrected chi connectivity index (χ1v) is 10.7. The lowest BCUT2D eigenvalue weighted by atomic mass is 9.96. The molecule has 166 valence electrons. The zero-order valence-electron chi connectivity index (χ0n) is 18.2. The Morgan fingerprint density at radius 1 is 1.06 bits per heavy atom. The van der Waals surface area contributed by atoms with Crippen LogP contribution < -0.4 is 14.4 Å². The lowest BCUT2D eigenvalue weighted by Gasteiger charge is -2.25. The Bertz CT molecular complexity index is 1270. The number of anilines is 1. The molecule has 2 aromatic carbocycles. The molecule has 7 nitrogen and oxygen atoms in total. The third kappa shape index (κ3) is 3.51. The summed E-state index contributed by atoms with van der Waals surface area (Å²) in [6.07, 6.45) is 3.21. The fourth-order valence-electron chi connectivity index (χ4n) is 4.17. The number of fused-ring (bicyclic) bond motifs is 1. The Morgan fingerprint density at radius 2 is 1.82 bits per heavy atom. The van der Waals surface area contributed by atoms with E-state index in [1.165, 1.54) is 4.90 Å². The number of benzene rings is 2. The minimum absolute atomic E-state index is 0.000184. The van der Waals surface area contributed by atoms with E-state index >= 15 is 0 Å². The Labute approximate surface area is 190 Å². The van der Waals surface area contributed by atoms with Gasteiger partial charge in [0.25, 0.3) is 11.7 Å². The van der Waals surface area contributed by atoms with Gasteiger partial charge in [0.15, 0.2) is 11.5 Å². The van der Waals surface area contributed by atoms with Gasteiger partial charge in [0.05, 0.1) is 11.6 Å². The molecule has 5 rings (SSSR count). The Hall–Kier alpha value is -4.13. The van der Waals surface area contributed by atoms with Crippen LogP contribution in [0.1, 0.15) is 42.5 Å². The van der Waals surface area contributed by atoms with Crippen molar-refractivity contribution in [2.24, 2.45) is 0 Å². The molecule has 1 N–H and O–H groups in total. The molecule has 1 amide bonds. The topological polar surface area (TPSA) is 89.0 Å². The molecule has 0 bridgehead atoms. The van der Waals surface area contributed by atoms with Gasteiger partial charge in [0.1, 0.15) is 5.76 Å². The molecule has 3 heterocycles. The van der Waals surface area contributed by atoms with Gasteiger partial charge in [-0.2, -0.15) is 0 Å². The lowest BCUT2D eigenvalue weighted by molar-refractivity contribution is -0.132. The maximum atomic E-state index is 13.2. The number of carbonyl (C=O) groups excluding carboxylic acids is 2. The van der Waals surface area contributed by atoms with Crippen LogP contribution in [0, 0.1) is 0 Å². The van der Waals surface area contributed by atoms with Crippen molar-refractivity contribution in [2.75, 3.05) is 11.7 Å². The number of rotatable bonds is 4. The number of aliphatic hydroxyl groups excluding tert-OH is 1. The molecule has 2 aliphatic heterocycles. The largest absolute Gasteiger partial charge is 0.507 e. The average Bonchev–Trinajstić information content (AvgIpc) is 3.41. The van der Waals surface area contributed by atoms with Gasteiger partial charge in [-0.25, -0.2) is 0 Å². The number of Topliss-reactive ketones (excluding diaryl/α,β-unsaturated/α-hetero) is 1. The summed E-state index contributed by atoms with van der Waals surface area (Å²) in [6, 6.07) is 15.1. The first-order chi connectivity index (χ1) is 16.0. The minimum atomic E-state index is -0.825. The van der Waals surface area contributed by atoms with Crippen LogP contribution in [0.5, 0.6) is 11.5 Å². The molecule has 1 atom stereocenters. The highest BCUT2D eigenvalue weighted by Gasteiger charge is 2.47. The first kappa shape index (κ1) is 20.8. The second kappa shape index (κ2) is 8.09. The maximum Gasteiger partial charge on any atom is 0.300 e. The standard InChI is InChI=1S/C26H22N2O5/c1-15(2)16-5-8-19(9-6-16)28-23(18-4-3-11-27-13-18)22(25(30)26(28)31)24(29)17-7-10-20-21(12-17)33-14-32-20/h3-13,15,23,29H,14H2,1-2H3/b24-22-. The number of amides is 1. The molecular formula is C26H22N2O5. The second-order valence-corrected chi connectivity index (χ2v) is 8.27. The van der Waals surface area contributed by atoms with Crippen LogP contribution in [0.3, 0.4) is 0 Å². The summed E-state index contributed by atoms with van der Waals surface area (Å²) < 4.78 is 10.7. The van der Waals surface area contributed by atoms with Gasteiger partial charge in [-0.1, -0.05) is 32.0 Å². The number of aliphatic hydroxyl groups is 1. The van der Waals surface area contributed by atoms with Gasteiger partial charge in [0, 0.05) is 23.6 Å². The highest BCUT2D eigenvalue weighted by Crippen LogP contribution is 2.43. The molecule has 1 aromatic heterocycles. The van der Waals surface area contributed by atoms with Crippen molar-refractivity contribution in [3.63, 3.8) is 0 Å². The molecule has 1 saturated heterocycles. The summed E-state index contributed by atoms with van der Waals surface area (Å²) >= 11 is 0. The highest BCUT2D eigenvalue weighted by molar-refractivity contribution is 6.51. The van der Waals surface area contributed by atoms with E-state index in [0.29, 0.717) is 34.2 Å². The van der Waals surface area contributed by atoms with Crippen LogP contribution in [-0.4, -0.2) is 28.6 Å².